The van der Waals surface area contributed by atoms with Gasteiger partial charge in [-0.1, -0.05) is 35.9 Å². The number of aryl methyl sites for hydroxylation is 1. The Labute approximate surface area is 193 Å². The number of hydrogen-bond donors (Lipinski definition) is 2. The van der Waals surface area contributed by atoms with Crippen molar-refractivity contribution in [3.63, 3.8) is 0 Å². The zero-order chi connectivity index (χ0) is 23.7. The van der Waals surface area contributed by atoms with Crippen molar-refractivity contribution in [1.29, 1.82) is 0 Å². The molecule has 11 heteroatoms. The van der Waals surface area contributed by atoms with E-state index in [2.05, 4.69) is 25.8 Å². The van der Waals surface area contributed by atoms with Crippen molar-refractivity contribution in [2.24, 2.45) is 0 Å². The number of hydrogen-bond acceptors (Lipinski definition) is 8. The second-order valence-electron chi connectivity index (χ2n) is 7.96. The molecular formula is C21H25ClN5O3PS. The summed E-state index contributed by atoms with van der Waals surface area (Å²) in [7, 11) is -5.98. The quantitative estimate of drug-likeness (QED) is 0.453. The second kappa shape index (κ2) is 9.17. The molecule has 32 heavy (non-hydrogen) atoms. The first kappa shape index (κ1) is 24.2. The van der Waals surface area contributed by atoms with Crippen LogP contribution in [0.15, 0.2) is 47.4 Å². The fourth-order valence-corrected chi connectivity index (χ4v) is 5.05. The predicted octanol–water partition coefficient (Wildman–Crippen LogP) is 4.75. The van der Waals surface area contributed by atoms with E-state index >= 15 is 0 Å². The van der Waals surface area contributed by atoms with Crippen LogP contribution in [0.5, 0.6) is 0 Å². The van der Waals surface area contributed by atoms with Gasteiger partial charge >= 0.3 is 0 Å². The smallest absolute Gasteiger partial charge is 0.249 e. The van der Waals surface area contributed by atoms with Crippen LogP contribution in [0.3, 0.4) is 0 Å². The Morgan fingerprint density at radius 2 is 1.69 bits per heavy atom. The Kier molecular flexibility index (Phi) is 6.93. The molecule has 0 fully saturated rings. The summed E-state index contributed by atoms with van der Waals surface area (Å²) in [6, 6.07) is 12.0. The van der Waals surface area contributed by atoms with Gasteiger partial charge in [0.1, 0.15) is 7.14 Å². The van der Waals surface area contributed by atoms with E-state index in [1.54, 1.807) is 51.4 Å². The summed E-state index contributed by atoms with van der Waals surface area (Å²) < 4.78 is 37.9. The van der Waals surface area contributed by atoms with E-state index in [0.717, 1.165) is 10.9 Å². The maximum Gasteiger partial charge on any atom is 0.249 e. The minimum atomic E-state index is -3.54. The van der Waals surface area contributed by atoms with Gasteiger partial charge in [-0.15, -0.1) is 10.2 Å². The summed E-state index contributed by atoms with van der Waals surface area (Å²) in [5.41, 5.74) is 1.93. The molecule has 0 saturated carbocycles. The highest BCUT2D eigenvalue weighted by atomic mass is 35.5. The van der Waals surface area contributed by atoms with Crippen LogP contribution in [0.1, 0.15) is 19.4 Å². The number of halogens is 1. The van der Waals surface area contributed by atoms with Crippen LogP contribution in [-0.4, -0.2) is 42.2 Å². The minimum absolute atomic E-state index is 0.00983. The van der Waals surface area contributed by atoms with E-state index in [4.69, 9.17) is 11.6 Å². The average molecular weight is 494 g/mol. The number of benzene rings is 2. The van der Waals surface area contributed by atoms with Crippen LogP contribution >= 0.6 is 18.7 Å². The maximum atomic E-state index is 12.7. The number of anilines is 4. The summed E-state index contributed by atoms with van der Waals surface area (Å²) in [6.45, 7) is 8.54. The first-order valence-electron chi connectivity index (χ1n) is 9.83. The fraction of sp³-hybridized carbons (Fsp3) is 0.286. The number of nitrogens with zero attached hydrogens (tertiary/aromatic N) is 3. The van der Waals surface area contributed by atoms with E-state index in [1.807, 2.05) is 19.1 Å². The van der Waals surface area contributed by atoms with Crippen LogP contribution in [-0.2, 0) is 14.4 Å². The largest absolute Gasteiger partial charge is 0.336 e. The van der Waals surface area contributed by atoms with Crippen molar-refractivity contribution >= 4 is 57.0 Å². The van der Waals surface area contributed by atoms with Gasteiger partial charge in [0.05, 0.1) is 15.8 Å². The van der Waals surface area contributed by atoms with E-state index in [9.17, 15) is 13.0 Å². The monoisotopic (exact) mass is 493 g/mol. The topological polar surface area (TPSA) is 114 Å². The van der Waals surface area contributed by atoms with Crippen LogP contribution in [0.4, 0.5) is 23.1 Å². The van der Waals surface area contributed by atoms with Gasteiger partial charge in [0.25, 0.3) is 0 Å². The molecule has 0 aliphatic rings. The van der Waals surface area contributed by atoms with Crippen molar-refractivity contribution in [3.05, 3.63) is 53.2 Å². The third kappa shape index (κ3) is 5.28. The first-order valence-corrected chi connectivity index (χ1v) is 14.4. The van der Waals surface area contributed by atoms with E-state index in [-0.39, 0.29) is 21.8 Å². The fourth-order valence-electron chi connectivity index (χ4n) is 2.85. The van der Waals surface area contributed by atoms with Gasteiger partial charge in [-0.3, -0.25) is 0 Å². The number of para-hydroxylation sites is 1. The highest BCUT2D eigenvalue weighted by Gasteiger charge is 2.23. The predicted molar refractivity (Wildman–Crippen MR) is 130 cm³/mol. The number of sulfone groups is 1. The van der Waals surface area contributed by atoms with Crippen molar-refractivity contribution in [2.45, 2.75) is 30.9 Å². The summed E-state index contributed by atoms with van der Waals surface area (Å²) in [4.78, 5) is 4.52. The summed E-state index contributed by atoms with van der Waals surface area (Å²) in [6.07, 6.45) is 0. The van der Waals surface area contributed by atoms with Gasteiger partial charge in [0.2, 0.25) is 5.95 Å². The molecule has 170 valence electrons. The molecule has 8 nitrogen and oxygen atoms in total. The molecule has 3 rings (SSSR count). The van der Waals surface area contributed by atoms with Gasteiger partial charge in [-0.05, 0) is 57.9 Å². The Balaban J connectivity index is 1.97. The molecule has 0 atom stereocenters. The van der Waals surface area contributed by atoms with Gasteiger partial charge < -0.3 is 15.2 Å². The Bertz CT molecular complexity index is 1310. The highest BCUT2D eigenvalue weighted by molar-refractivity contribution is 7.92. The van der Waals surface area contributed by atoms with Crippen LogP contribution < -0.4 is 15.9 Å². The zero-order valence-corrected chi connectivity index (χ0v) is 20.9. The third-order valence-electron chi connectivity index (χ3n) is 4.80. The van der Waals surface area contributed by atoms with Crippen LogP contribution in [0.25, 0.3) is 0 Å². The van der Waals surface area contributed by atoms with Gasteiger partial charge in [0, 0.05) is 11.0 Å². The number of nitrogens with one attached hydrogen (secondary N) is 2. The van der Waals surface area contributed by atoms with Gasteiger partial charge in [0.15, 0.2) is 20.8 Å². The van der Waals surface area contributed by atoms with Gasteiger partial charge in [-0.25, -0.2) is 8.42 Å². The van der Waals surface area contributed by atoms with E-state index < -0.39 is 22.2 Å². The van der Waals surface area contributed by atoms with Crippen LogP contribution in [0, 0.1) is 6.92 Å². The van der Waals surface area contributed by atoms with E-state index in [1.165, 1.54) is 6.07 Å². The lowest BCUT2D eigenvalue weighted by Gasteiger charge is -2.15. The summed E-state index contributed by atoms with van der Waals surface area (Å²) in [5, 5.41) is 14.1. The average Bonchev–Trinajstić information content (AvgIpc) is 2.71. The normalized spacial score (nSPS) is 12.1. The van der Waals surface area contributed by atoms with E-state index in [0.29, 0.717) is 11.4 Å². The molecule has 1 aromatic heterocycles. The lowest BCUT2D eigenvalue weighted by molar-refractivity contribution is 0.587. The van der Waals surface area contributed by atoms with Crippen molar-refractivity contribution in [1.82, 2.24) is 15.2 Å². The lowest BCUT2D eigenvalue weighted by Crippen LogP contribution is -2.16. The summed E-state index contributed by atoms with van der Waals surface area (Å²) >= 11 is 6.18. The molecule has 0 bridgehead atoms. The molecule has 1 heterocycles. The molecule has 0 amide bonds. The lowest BCUT2D eigenvalue weighted by atomic mass is 10.2. The number of aromatic nitrogens is 3. The van der Waals surface area contributed by atoms with Crippen molar-refractivity contribution in [2.75, 3.05) is 24.0 Å². The second-order valence-corrected chi connectivity index (χ2v) is 14.0. The molecule has 3 aromatic rings. The van der Waals surface area contributed by atoms with Gasteiger partial charge in [-0.2, -0.15) is 4.98 Å². The molecule has 0 radical (unpaired) electrons. The first-order chi connectivity index (χ1) is 14.9. The molecule has 0 aliphatic carbocycles. The van der Waals surface area contributed by atoms with Crippen molar-refractivity contribution < 1.29 is 13.0 Å². The highest BCUT2D eigenvalue weighted by Crippen LogP contribution is 2.36. The molecule has 0 spiro atoms. The molecule has 0 aliphatic heterocycles. The van der Waals surface area contributed by atoms with Crippen molar-refractivity contribution in [3.8, 4) is 0 Å². The third-order valence-corrected chi connectivity index (χ3v) is 8.79. The Morgan fingerprint density at radius 1 is 1.00 bits per heavy atom. The number of rotatable bonds is 7. The molecular weight excluding hydrogens is 469 g/mol. The van der Waals surface area contributed by atoms with Crippen LogP contribution in [0.2, 0.25) is 5.15 Å². The Morgan fingerprint density at radius 3 is 2.34 bits per heavy atom. The minimum Gasteiger partial charge on any atom is -0.336 e. The molecule has 0 unspecified atom stereocenters. The summed E-state index contributed by atoms with van der Waals surface area (Å²) in [5.74, 6) is 0.310. The molecule has 0 saturated heterocycles. The maximum absolute atomic E-state index is 12.7. The zero-order valence-electron chi connectivity index (χ0n) is 18.4. The molecule has 2 N–H and O–H groups in total. The molecule has 2 aromatic carbocycles. The Hall–Kier alpha value is -2.48. The standard InChI is InChI=1S/C21H25ClN5O3PS/c1-13(2)32(29,30)18-9-7-6-8-16(18)23-20-19(22)26-27-21(25-20)24-17-12-15(31(4,5)28)11-10-14(17)3/h6-13H,1-5H3,(H2,23,24,25,27). The SMILES string of the molecule is Cc1ccc(P(C)(C)=O)cc1Nc1nnc(Cl)c(Nc2ccccc2S(=O)(=O)C(C)C)n1.